The number of ether oxygens (including phenoxy) is 4. The van der Waals surface area contributed by atoms with E-state index >= 15 is 0 Å². The lowest BCUT2D eigenvalue weighted by atomic mass is 10.0. The molecule has 0 heterocycles. The Bertz CT molecular complexity index is 2050. The fourth-order valence-electron chi connectivity index (χ4n) is 12.1. The van der Waals surface area contributed by atoms with E-state index in [0.717, 1.165) is 121 Å². The largest absolute Gasteiger partial charge is 0.472 e. The number of allylic oxidation sites excluding steroid dienone is 4. The van der Waals surface area contributed by atoms with Gasteiger partial charge < -0.3 is 33.8 Å². The zero-order valence-corrected chi connectivity index (χ0v) is 67.6. The van der Waals surface area contributed by atoms with Crippen molar-refractivity contribution in [3.63, 3.8) is 0 Å². The first-order chi connectivity index (χ1) is 48.7. The van der Waals surface area contributed by atoms with Crippen LogP contribution in [0.4, 0.5) is 0 Å². The van der Waals surface area contributed by atoms with Crippen molar-refractivity contribution in [2.24, 2.45) is 17.8 Å². The van der Waals surface area contributed by atoms with Crippen molar-refractivity contribution in [2.75, 3.05) is 39.6 Å². The van der Waals surface area contributed by atoms with E-state index in [0.29, 0.717) is 31.6 Å². The molecule has 0 aliphatic heterocycles. The van der Waals surface area contributed by atoms with E-state index < -0.39 is 97.5 Å². The molecule has 0 aromatic rings. The van der Waals surface area contributed by atoms with Crippen molar-refractivity contribution in [3.05, 3.63) is 24.3 Å². The first-order valence-electron chi connectivity index (χ1n) is 41.7. The molecule has 0 rings (SSSR count). The first kappa shape index (κ1) is 98.5. The van der Waals surface area contributed by atoms with Gasteiger partial charge in [-0.3, -0.25) is 37.3 Å². The van der Waals surface area contributed by atoms with Gasteiger partial charge in [0, 0.05) is 25.7 Å². The van der Waals surface area contributed by atoms with Gasteiger partial charge in [-0.05, 0) is 69.1 Å². The van der Waals surface area contributed by atoms with E-state index in [9.17, 15) is 43.2 Å². The Morgan fingerprint density at radius 3 is 0.802 bits per heavy atom. The van der Waals surface area contributed by atoms with E-state index in [1.807, 2.05) is 0 Å². The molecular formula is C82H156O17P2. The summed E-state index contributed by atoms with van der Waals surface area (Å²) in [5, 5.41) is 10.6. The van der Waals surface area contributed by atoms with Crippen LogP contribution in [0, 0.1) is 17.8 Å². The van der Waals surface area contributed by atoms with Gasteiger partial charge in [0.1, 0.15) is 19.3 Å². The molecule has 0 fully saturated rings. The molecule has 0 aliphatic carbocycles. The standard InChI is InChI=1S/C82H156O17P2/c1-8-9-10-11-12-13-14-15-18-26-31-36-43-51-58-65-81(86)98-77(69-92-79(84)63-56-49-42-35-30-25-20-17-16-19-23-28-33-39-46-53-60-73(2)3)71-96-100(88,89)94-67-76(83)68-95-101(90,91)97-72-78(70-93-80(85)64-57-50-45-38-41-48-55-62-75(6)7)99-82(87)66-59-52-44-37-32-27-22-21-24-29-34-40-47-54-61-74(4)5/h13-15,18,73-78,83H,8-12,16-17,19-72H2,1-7H3,(H,88,89)(H,90,91)/b14-13-,18-15-/t76?,77-,78-/m1/s1. The molecule has 0 radical (unpaired) electrons. The SMILES string of the molecule is CCCCCC/C=C\C=C/CCCCCCCC(=O)O[C@H](COC(=O)CCCCCCCCCCCCCCCCCCC(C)C)COP(=O)(O)OCC(O)COP(=O)(O)OC[C@@H](COC(=O)CCCCCCCCCC(C)C)OC(=O)CCCCCCCCCCCCCCCCC(C)C. The normalized spacial score (nSPS) is 14.1. The van der Waals surface area contributed by atoms with Crippen molar-refractivity contribution in [3.8, 4) is 0 Å². The molecule has 0 aromatic carbocycles. The topological polar surface area (TPSA) is 237 Å². The van der Waals surface area contributed by atoms with E-state index in [2.05, 4.69) is 72.8 Å². The summed E-state index contributed by atoms with van der Waals surface area (Å²) in [6, 6.07) is 0. The second kappa shape index (κ2) is 71.8. The van der Waals surface area contributed by atoms with Gasteiger partial charge in [0.15, 0.2) is 12.2 Å². The molecule has 596 valence electrons. The van der Waals surface area contributed by atoms with Crippen LogP contribution >= 0.6 is 15.6 Å². The van der Waals surface area contributed by atoms with Crippen LogP contribution in [-0.2, 0) is 65.4 Å². The third kappa shape index (κ3) is 75.6. The summed E-state index contributed by atoms with van der Waals surface area (Å²) in [6.07, 6.45) is 63.3. The highest BCUT2D eigenvalue weighted by molar-refractivity contribution is 7.47. The van der Waals surface area contributed by atoms with Crippen LogP contribution < -0.4 is 0 Å². The van der Waals surface area contributed by atoms with E-state index in [1.54, 1.807) is 0 Å². The van der Waals surface area contributed by atoms with Gasteiger partial charge in [-0.1, -0.05) is 349 Å². The molecule has 0 aliphatic rings. The van der Waals surface area contributed by atoms with Crippen molar-refractivity contribution in [1.82, 2.24) is 0 Å². The van der Waals surface area contributed by atoms with Crippen LogP contribution in [-0.4, -0.2) is 96.7 Å². The Hall–Kier alpha value is -2.46. The second-order valence-corrected chi connectivity index (χ2v) is 33.2. The van der Waals surface area contributed by atoms with Gasteiger partial charge in [0.05, 0.1) is 26.4 Å². The van der Waals surface area contributed by atoms with Gasteiger partial charge in [-0.2, -0.15) is 0 Å². The Labute approximate surface area is 618 Å². The van der Waals surface area contributed by atoms with Gasteiger partial charge >= 0.3 is 39.5 Å². The summed E-state index contributed by atoms with van der Waals surface area (Å²) in [7, 11) is -9.93. The van der Waals surface area contributed by atoms with Crippen LogP contribution in [0.5, 0.6) is 0 Å². The summed E-state index contributed by atoms with van der Waals surface area (Å²) in [5.41, 5.74) is 0. The second-order valence-electron chi connectivity index (χ2n) is 30.3. The van der Waals surface area contributed by atoms with E-state index in [4.69, 9.17) is 37.0 Å². The van der Waals surface area contributed by atoms with Gasteiger partial charge in [0.25, 0.3) is 0 Å². The molecule has 0 saturated heterocycles. The summed E-state index contributed by atoms with van der Waals surface area (Å²) in [6.45, 7) is 11.9. The molecule has 0 spiro atoms. The molecule has 0 saturated carbocycles. The van der Waals surface area contributed by atoms with Gasteiger partial charge in [-0.15, -0.1) is 0 Å². The van der Waals surface area contributed by atoms with Crippen molar-refractivity contribution >= 4 is 39.5 Å². The summed E-state index contributed by atoms with van der Waals surface area (Å²) in [5.74, 6) is 0.167. The van der Waals surface area contributed by atoms with E-state index in [-0.39, 0.29) is 25.7 Å². The number of carbonyl (C=O) groups is 4. The molecule has 0 bridgehead atoms. The predicted octanol–water partition coefficient (Wildman–Crippen LogP) is 24.1. The lowest BCUT2D eigenvalue weighted by molar-refractivity contribution is -0.161. The third-order valence-electron chi connectivity index (χ3n) is 18.5. The number of hydrogen-bond acceptors (Lipinski definition) is 15. The predicted molar refractivity (Wildman–Crippen MR) is 414 cm³/mol. The number of unbranched alkanes of at least 4 members (excludes halogenated alkanes) is 43. The fourth-order valence-corrected chi connectivity index (χ4v) is 13.7. The summed E-state index contributed by atoms with van der Waals surface area (Å²) in [4.78, 5) is 73.0. The summed E-state index contributed by atoms with van der Waals surface area (Å²) < 4.78 is 68.7. The number of phosphoric ester groups is 2. The fraction of sp³-hybridized carbons (Fsp3) is 0.902. The zero-order chi connectivity index (χ0) is 74.4. The highest BCUT2D eigenvalue weighted by Gasteiger charge is 2.30. The van der Waals surface area contributed by atoms with Gasteiger partial charge in [-0.25, -0.2) is 9.13 Å². The number of phosphoric acid groups is 2. The minimum atomic E-state index is -4.97. The minimum absolute atomic E-state index is 0.0852. The molecule has 3 unspecified atom stereocenters. The smallest absolute Gasteiger partial charge is 0.462 e. The number of rotatable bonds is 78. The molecular weight excluding hydrogens is 1320 g/mol. The molecule has 101 heavy (non-hydrogen) atoms. The quantitative estimate of drug-likeness (QED) is 0.0169. The third-order valence-corrected chi connectivity index (χ3v) is 20.4. The number of esters is 4. The average molecular weight is 1480 g/mol. The molecule has 3 N–H and O–H groups in total. The number of carbonyl (C=O) groups excluding carboxylic acids is 4. The monoisotopic (exact) mass is 1480 g/mol. The van der Waals surface area contributed by atoms with Crippen molar-refractivity contribution in [2.45, 2.75) is 420 Å². The zero-order valence-electron chi connectivity index (χ0n) is 65.9. The number of aliphatic hydroxyl groups is 1. The van der Waals surface area contributed by atoms with Crippen LogP contribution in [0.15, 0.2) is 24.3 Å². The molecule has 0 aromatic heterocycles. The van der Waals surface area contributed by atoms with Crippen molar-refractivity contribution in [1.29, 1.82) is 0 Å². The number of hydrogen-bond donors (Lipinski definition) is 3. The highest BCUT2D eigenvalue weighted by atomic mass is 31.2. The Kier molecular flexibility index (Phi) is 70.0. The van der Waals surface area contributed by atoms with Crippen LogP contribution in [0.3, 0.4) is 0 Å². The first-order valence-corrected chi connectivity index (χ1v) is 44.7. The lowest BCUT2D eigenvalue weighted by Gasteiger charge is -2.21. The Balaban J connectivity index is 5.26. The van der Waals surface area contributed by atoms with Crippen LogP contribution in [0.2, 0.25) is 0 Å². The number of aliphatic hydroxyl groups excluding tert-OH is 1. The highest BCUT2D eigenvalue weighted by Crippen LogP contribution is 2.45. The molecule has 0 amide bonds. The molecule has 5 atom stereocenters. The summed E-state index contributed by atoms with van der Waals surface area (Å²) >= 11 is 0. The Morgan fingerprint density at radius 2 is 0.535 bits per heavy atom. The maximum absolute atomic E-state index is 13.1. The Morgan fingerprint density at radius 1 is 0.307 bits per heavy atom. The molecule has 17 nitrogen and oxygen atoms in total. The van der Waals surface area contributed by atoms with E-state index in [1.165, 1.54) is 193 Å². The maximum atomic E-state index is 13.1. The van der Waals surface area contributed by atoms with Crippen molar-refractivity contribution < 1.29 is 80.2 Å². The minimum Gasteiger partial charge on any atom is -0.462 e. The van der Waals surface area contributed by atoms with Crippen LogP contribution in [0.1, 0.15) is 402 Å². The lowest BCUT2D eigenvalue weighted by Crippen LogP contribution is -2.30. The van der Waals surface area contributed by atoms with Gasteiger partial charge in [0.2, 0.25) is 0 Å². The maximum Gasteiger partial charge on any atom is 0.472 e. The molecule has 19 heteroatoms. The average Bonchev–Trinajstić information content (AvgIpc) is 2.18. The van der Waals surface area contributed by atoms with Crippen LogP contribution in [0.25, 0.3) is 0 Å².